The van der Waals surface area contributed by atoms with E-state index in [2.05, 4.69) is 10.6 Å². The van der Waals surface area contributed by atoms with Crippen molar-refractivity contribution >= 4 is 17.3 Å². The summed E-state index contributed by atoms with van der Waals surface area (Å²) in [6.45, 7) is 3.71. The van der Waals surface area contributed by atoms with Crippen LogP contribution in [0.2, 0.25) is 0 Å². The first kappa shape index (κ1) is 15.8. The molecule has 1 aromatic carbocycles. The highest BCUT2D eigenvalue weighted by Gasteiger charge is 2.22. The summed E-state index contributed by atoms with van der Waals surface area (Å²) in [5, 5.41) is 12.3. The number of hydrogen-bond acceptors (Lipinski definition) is 3. The molecule has 6 heteroatoms. The van der Waals surface area contributed by atoms with Gasteiger partial charge in [-0.2, -0.15) is 0 Å². The molecule has 0 aliphatic rings. The van der Waals surface area contributed by atoms with Crippen molar-refractivity contribution < 1.29 is 13.6 Å². The minimum absolute atomic E-state index is 0.386. The second-order valence-electron chi connectivity index (χ2n) is 4.26. The normalized spacial score (nSPS) is 11.4. The minimum Gasteiger partial charge on any atom is -0.393 e. The van der Waals surface area contributed by atoms with Gasteiger partial charge in [0.2, 0.25) is 0 Å². The Kier molecular flexibility index (Phi) is 5.37. The highest BCUT2D eigenvalue weighted by Crippen LogP contribution is 2.19. The number of alkyl halides is 2. The van der Waals surface area contributed by atoms with E-state index < -0.39 is 18.0 Å². The van der Waals surface area contributed by atoms with Crippen LogP contribution in [0, 0.1) is 19.3 Å². The molecule has 0 fully saturated rings. The van der Waals surface area contributed by atoms with Crippen molar-refractivity contribution in [3.8, 4) is 0 Å². The van der Waals surface area contributed by atoms with Crippen LogP contribution < -0.4 is 10.6 Å². The van der Waals surface area contributed by atoms with Gasteiger partial charge in [-0.15, -0.1) is 0 Å². The van der Waals surface area contributed by atoms with E-state index in [-0.39, 0.29) is 5.57 Å². The van der Waals surface area contributed by atoms with E-state index in [1.165, 1.54) is 7.05 Å². The van der Waals surface area contributed by atoms with Crippen LogP contribution in [0.15, 0.2) is 30.0 Å². The Hall–Kier alpha value is -2.24. The number of halogens is 2. The molecule has 0 atom stereocenters. The Labute approximate surface area is 116 Å². The van der Waals surface area contributed by atoms with Crippen molar-refractivity contribution in [1.82, 2.24) is 5.32 Å². The smallest absolute Gasteiger partial charge is 0.280 e. The summed E-state index contributed by atoms with van der Waals surface area (Å²) >= 11 is 0. The van der Waals surface area contributed by atoms with E-state index >= 15 is 0 Å². The summed E-state index contributed by atoms with van der Waals surface area (Å²) in [6, 6.07) is 5.33. The van der Waals surface area contributed by atoms with Crippen LogP contribution >= 0.6 is 0 Å². The molecule has 4 nitrogen and oxygen atoms in total. The molecular weight excluding hydrogens is 264 g/mol. The SMILES string of the molecule is CN/C=C(\C(=N)C(F)F)C(=O)Nc1cccc(C)c1C. The highest BCUT2D eigenvalue weighted by atomic mass is 19.3. The molecule has 20 heavy (non-hydrogen) atoms. The number of amides is 1. The van der Waals surface area contributed by atoms with Crippen molar-refractivity contribution in [2.45, 2.75) is 20.3 Å². The van der Waals surface area contributed by atoms with Gasteiger partial charge in [0.25, 0.3) is 12.3 Å². The Morgan fingerprint density at radius 2 is 2.00 bits per heavy atom. The number of carbonyl (C=O) groups is 1. The largest absolute Gasteiger partial charge is 0.393 e. The third-order valence-electron chi connectivity index (χ3n) is 2.89. The molecule has 0 radical (unpaired) electrons. The first-order chi connectivity index (χ1) is 9.38. The fourth-order valence-electron chi connectivity index (χ4n) is 1.60. The number of nitrogens with one attached hydrogen (secondary N) is 3. The summed E-state index contributed by atoms with van der Waals surface area (Å²) in [5.41, 5.74) is 0.976. The van der Waals surface area contributed by atoms with Crippen molar-refractivity contribution in [3.05, 3.63) is 41.1 Å². The van der Waals surface area contributed by atoms with Crippen LogP contribution in [-0.4, -0.2) is 25.1 Å². The fraction of sp³-hybridized carbons (Fsp3) is 0.286. The zero-order valence-electron chi connectivity index (χ0n) is 11.6. The van der Waals surface area contributed by atoms with E-state index in [0.29, 0.717) is 5.69 Å². The molecule has 1 aromatic rings. The van der Waals surface area contributed by atoms with Crippen LogP contribution in [0.5, 0.6) is 0 Å². The van der Waals surface area contributed by atoms with Gasteiger partial charge < -0.3 is 10.6 Å². The topological polar surface area (TPSA) is 65.0 Å². The maximum Gasteiger partial charge on any atom is 0.280 e. The molecule has 0 unspecified atom stereocenters. The second kappa shape index (κ2) is 6.79. The summed E-state index contributed by atoms with van der Waals surface area (Å²) in [4.78, 5) is 12.0. The highest BCUT2D eigenvalue weighted by molar-refractivity contribution is 6.25. The van der Waals surface area contributed by atoms with Gasteiger partial charge >= 0.3 is 0 Å². The average molecular weight is 281 g/mol. The maximum absolute atomic E-state index is 12.6. The number of carbonyl (C=O) groups excluding carboxylic acids is 1. The molecule has 0 heterocycles. The van der Waals surface area contributed by atoms with Gasteiger partial charge in [0.15, 0.2) is 0 Å². The van der Waals surface area contributed by atoms with E-state index in [1.807, 2.05) is 19.9 Å². The van der Waals surface area contributed by atoms with Crippen LogP contribution in [0.4, 0.5) is 14.5 Å². The summed E-state index contributed by atoms with van der Waals surface area (Å²) in [5.74, 6) is -0.738. The third kappa shape index (κ3) is 3.63. The summed E-state index contributed by atoms with van der Waals surface area (Å²) in [6.07, 6.45) is -1.91. The quantitative estimate of drug-likeness (QED) is 0.574. The lowest BCUT2D eigenvalue weighted by atomic mass is 10.1. The number of rotatable bonds is 5. The van der Waals surface area contributed by atoms with Gasteiger partial charge in [-0.25, -0.2) is 8.78 Å². The van der Waals surface area contributed by atoms with E-state index in [4.69, 9.17) is 5.41 Å². The van der Waals surface area contributed by atoms with Crippen LogP contribution in [0.3, 0.4) is 0 Å². The van der Waals surface area contributed by atoms with Gasteiger partial charge in [-0.1, -0.05) is 12.1 Å². The van der Waals surface area contributed by atoms with Crippen LogP contribution in [0.25, 0.3) is 0 Å². The van der Waals surface area contributed by atoms with Crippen molar-refractivity contribution in [1.29, 1.82) is 5.41 Å². The summed E-state index contributed by atoms with van der Waals surface area (Å²) in [7, 11) is 1.48. The van der Waals surface area contributed by atoms with Gasteiger partial charge in [-0.05, 0) is 31.0 Å². The monoisotopic (exact) mass is 281 g/mol. The Bertz CT molecular complexity index is 553. The molecule has 0 saturated carbocycles. The number of benzene rings is 1. The van der Waals surface area contributed by atoms with E-state index in [1.54, 1.807) is 12.1 Å². The molecule has 1 amide bonds. The Morgan fingerprint density at radius 3 is 2.55 bits per heavy atom. The minimum atomic E-state index is -3.00. The van der Waals surface area contributed by atoms with Crippen molar-refractivity contribution in [2.24, 2.45) is 0 Å². The third-order valence-corrected chi connectivity index (χ3v) is 2.89. The number of anilines is 1. The molecule has 0 aliphatic carbocycles. The molecule has 108 valence electrons. The Morgan fingerprint density at radius 1 is 1.35 bits per heavy atom. The molecule has 0 aliphatic heterocycles. The van der Waals surface area contributed by atoms with Crippen LogP contribution in [-0.2, 0) is 4.79 Å². The first-order valence-electron chi connectivity index (χ1n) is 6.00. The Balaban J connectivity index is 3.01. The van der Waals surface area contributed by atoms with Crippen molar-refractivity contribution in [2.75, 3.05) is 12.4 Å². The molecule has 3 N–H and O–H groups in total. The molecule has 1 rings (SSSR count). The number of aryl methyl sites for hydroxylation is 1. The average Bonchev–Trinajstić information content (AvgIpc) is 2.40. The van der Waals surface area contributed by atoms with Gasteiger partial charge in [-0.3, -0.25) is 10.2 Å². The van der Waals surface area contributed by atoms with Crippen molar-refractivity contribution in [3.63, 3.8) is 0 Å². The zero-order chi connectivity index (χ0) is 15.3. The van der Waals surface area contributed by atoms with Gasteiger partial charge in [0.1, 0.15) is 5.71 Å². The first-order valence-corrected chi connectivity index (χ1v) is 6.00. The molecule has 0 saturated heterocycles. The lowest BCUT2D eigenvalue weighted by Crippen LogP contribution is -2.26. The standard InChI is InChI=1S/C14H17F2N3O/c1-8-5-4-6-11(9(8)2)19-14(20)10(7-18-3)12(17)13(15)16/h4-7,13,17-18H,1-3H3,(H,19,20)/b10-7+,17-12?. The molecular formula is C14H17F2N3O. The summed E-state index contributed by atoms with van der Waals surface area (Å²) < 4.78 is 25.1. The second-order valence-corrected chi connectivity index (χ2v) is 4.26. The van der Waals surface area contributed by atoms with Gasteiger partial charge in [0, 0.05) is 18.9 Å². The zero-order valence-corrected chi connectivity index (χ0v) is 11.6. The van der Waals surface area contributed by atoms with E-state index in [9.17, 15) is 13.6 Å². The van der Waals surface area contributed by atoms with Gasteiger partial charge in [0.05, 0.1) is 5.57 Å². The van der Waals surface area contributed by atoms with Crippen LogP contribution in [0.1, 0.15) is 11.1 Å². The fourth-order valence-corrected chi connectivity index (χ4v) is 1.60. The maximum atomic E-state index is 12.6. The van der Waals surface area contributed by atoms with E-state index in [0.717, 1.165) is 17.3 Å². The molecule has 0 bridgehead atoms. The predicted molar refractivity (Wildman–Crippen MR) is 75.4 cm³/mol. The number of hydrogen-bond donors (Lipinski definition) is 3. The lowest BCUT2D eigenvalue weighted by Gasteiger charge is -2.13. The predicted octanol–water partition coefficient (Wildman–Crippen LogP) is 2.63. The molecule has 0 spiro atoms. The lowest BCUT2D eigenvalue weighted by molar-refractivity contribution is -0.112. The molecule has 0 aromatic heterocycles.